The Hall–Kier alpha value is -0.170. The highest BCUT2D eigenvalue weighted by molar-refractivity contribution is 14.1. The molecule has 0 saturated heterocycles. The van der Waals surface area contributed by atoms with Crippen LogP contribution in [0, 0.1) is 9.39 Å². The Bertz CT molecular complexity index is 636. The monoisotopic (exact) mass is 481 g/mol. The number of benzene rings is 2. The van der Waals surface area contributed by atoms with Crippen LogP contribution in [0.4, 0.5) is 4.39 Å². The smallest absolute Gasteiger partial charge is 0.128 e. The fourth-order valence-electron chi connectivity index (χ4n) is 2.12. The van der Waals surface area contributed by atoms with Crippen LogP contribution < -0.4 is 5.32 Å². The van der Waals surface area contributed by atoms with E-state index in [1.165, 1.54) is 6.07 Å². The van der Waals surface area contributed by atoms with Crippen LogP contribution in [0.5, 0.6) is 0 Å². The highest BCUT2D eigenvalue weighted by Crippen LogP contribution is 2.30. The van der Waals surface area contributed by atoms with Crippen molar-refractivity contribution in [3.05, 3.63) is 66.4 Å². The second kappa shape index (κ2) is 7.90. The van der Waals surface area contributed by atoms with E-state index in [-0.39, 0.29) is 11.9 Å². The summed E-state index contributed by atoms with van der Waals surface area (Å²) in [5.41, 5.74) is 1.58. The van der Waals surface area contributed by atoms with Crippen LogP contribution in [0.15, 0.2) is 40.9 Å². The first-order valence-corrected chi connectivity index (χ1v) is 8.91. The van der Waals surface area contributed by atoms with E-state index < -0.39 is 0 Å². The SMILES string of the molecule is CCCNC(c1ccc(I)c(Cl)c1)c1cc(Br)ccc1F. The molecule has 0 saturated carbocycles. The van der Waals surface area contributed by atoms with Crippen molar-refractivity contribution < 1.29 is 4.39 Å². The van der Waals surface area contributed by atoms with Crippen molar-refractivity contribution in [3.8, 4) is 0 Å². The van der Waals surface area contributed by atoms with Crippen molar-refractivity contribution in [2.75, 3.05) is 6.54 Å². The van der Waals surface area contributed by atoms with Gasteiger partial charge in [-0.1, -0.05) is 40.5 Å². The Labute approximate surface area is 151 Å². The fraction of sp³-hybridized carbons (Fsp3) is 0.250. The lowest BCUT2D eigenvalue weighted by Crippen LogP contribution is -2.24. The van der Waals surface area contributed by atoms with Gasteiger partial charge in [0.1, 0.15) is 5.82 Å². The average Bonchev–Trinajstić information content (AvgIpc) is 2.46. The minimum Gasteiger partial charge on any atom is -0.306 e. The van der Waals surface area contributed by atoms with E-state index in [1.54, 1.807) is 6.07 Å². The van der Waals surface area contributed by atoms with Gasteiger partial charge in [0.2, 0.25) is 0 Å². The Morgan fingerprint density at radius 1 is 1.29 bits per heavy atom. The highest BCUT2D eigenvalue weighted by atomic mass is 127. The number of halogens is 4. The molecule has 0 aliphatic rings. The predicted molar refractivity (Wildman–Crippen MR) is 98.4 cm³/mol. The molecule has 0 spiro atoms. The molecule has 2 rings (SSSR count). The lowest BCUT2D eigenvalue weighted by atomic mass is 9.98. The third-order valence-corrected chi connectivity index (χ3v) is 5.21. The zero-order chi connectivity index (χ0) is 15.4. The lowest BCUT2D eigenvalue weighted by Gasteiger charge is -2.21. The van der Waals surface area contributed by atoms with Crippen molar-refractivity contribution in [1.82, 2.24) is 5.32 Å². The summed E-state index contributed by atoms with van der Waals surface area (Å²) < 4.78 is 16.1. The molecule has 0 bridgehead atoms. The first-order chi connectivity index (χ1) is 10.0. The molecule has 1 unspecified atom stereocenters. The van der Waals surface area contributed by atoms with Crippen molar-refractivity contribution in [2.24, 2.45) is 0 Å². The summed E-state index contributed by atoms with van der Waals surface area (Å²) in [6, 6.07) is 10.6. The van der Waals surface area contributed by atoms with Crippen LogP contribution in [-0.2, 0) is 0 Å². The number of nitrogens with one attached hydrogen (secondary N) is 1. The number of rotatable bonds is 5. The van der Waals surface area contributed by atoms with Gasteiger partial charge in [-0.2, -0.15) is 0 Å². The Balaban J connectivity index is 2.46. The molecule has 112 valence electrons. The van der Waals surface area contributed by atoms with Crippen LogP contribution in [0.3, 0.4) is 0 Å². The van der Waals surface area contributed by atoms with E-state index in [4.69, 9.17) is 11.6 Å². The van der Waals surface area contributed by atoms with Crippen molar-refractivity contribution in [1.29, 1.82) is 0 Å². The summed E-state index contributed by atoms with van der Waals surface area (Å²) in [5.74, 6) is -0.221. The summed E-state index contributed by atoms with van der Waals surface area (Å²) >= 11 is 11.8. The molecule has 1 nitrogen and oxygen atoms in total. The maximum absolute atomic E-state index is 14.2. The first kappa shape index (κ1) is 17.2. The molecule has 0 aliphatic heterocycles. The Kier molecular flexibility index (Phi) is 6.47. The second-order valence-electron chi connectivity index (χ2n) is 4.73. The van der Waals surface area contributed by atoms with Crippen LogP contribution in [0.1, 0.15) is 30.5 Å². The highest BCUT2D eigenvalue weighted by Gasteiger charge is 2.18. The molecule has 0 aliphatic carbocycles. The first-order valence-electron chi connectivity index (χ1n) is 6.66. The quantitative estimate of drug-likeness (QED) is 0.521. The largest absolute Gasteiger partial charge is 0.306 e. The zero-order valence-electron chi connectivity index (χ0n) is 11.5. The summed E-state index contributed by atoms with van der Waals surface area (Å²) in [4.78, 5) is 0. The molecule has 5 heteroatoms. The predicted octanol–water partition coefficient (Wildman–Crippen LogP) is 5.94. The van der Waals surface area contributed by atoms with E-state index in [0.29, 0.717) is 10.6 Å². The van der Waals surface area contributed by atoms with Gasteiger partial charge in [0.05, 0.1) is 11.1 Å². The van der Waals surface area contributed by atoms with Gasteiger partial charge >= 0.3 is 0 Å². The van der Waals surface area contributed by atoms with Crippen LogP contribution in [0.25, 0.3) is 0 Å². The van der Waals surface area contributed by atoms with E-state index in [9.17, 15) is 4.39 Å². The van der Waals surface area contributed by atoms with Gasteiger partial charge in [-0.3, -0.25) is 0 Å². The molecular weight excluding hydrogens is 467 g/mol. The maximum Gasteiger partial charge on any atom is 0.128 e. The van der Waals surface area contributed by atoms with Gasteiger partial charge in [0, 0.05) is 13.6 Å². The van der Waals surface area contributed by atoms with Gasteiger partial charge in [0.15, 0.2) is 0 Å². The molecule has 2 aromatic carbocycles. The van der Waals surface area contributed by atoms with E-state index >= 15 is 0 Å². The third kappa shape index (κ3) is 4.41. The zero-order valence-corrected chi connectivity index (χ0v) is 16.0. The molecule has 0 radical (unpaired) electrons. The molecular formula is C16H15BrClFIN. The van der Waals surface area contributed by atoms with E-state index in [2.05, 4.69) is 50.8 Å². The van der Waals surface area contributed by atoms with Gasteiger partial charge < -0.3 is 5.32 Å². The summed E-state index contributed by atoms with van der Waals surface area (Å²) in [6.45, 7) is 2.89. The number of hydrogen-bond donors (Lipinski definition) is 1. The third-order valence-electron chi connectivity index (χ3n) is 3.14. The van der Waals surface area contributed by atoms with Gasteiger partial charge in [-0.25, -0.2) is 4.39 Å². The molecule has 21 heavy (non-hydrogen) atoms. The minimum absolute atomic E-state index is 0.211. The summed E-state index contributed by atoms with van der Waals surface area (Å²) in [6.07, 6.45) is 0.976. The summed E-state index contributed by atoms with van der Waals surface area (Å²) in [5, 5.41) is 4.08. The normalized spacial score (nSPS) is 12.4. The maximum atomic E-state index is 14.2. The van der Waals surface area contributed by atoms with Crippen LogP contribution in [-0.4, -0.2) is 6.54 Å². The van der Waals surface area contributed by atoms with Crippen LogP contribution in [0.2, 0.25) is 5.02 Å². The molecule has 1 N–H and O–H groups in total. The molecule has 0 heterocycles. The van der Waals surface area contributed by atoms with Crippen molar-refractivity contribution >= 4 is 50.1 Å². The van der Waals surface area contributed by atoms with Crippen LogP contribution >= 0.6 is 50.1 Å². The van der Waals surface area contributed by atoms with Crippen molar-refractivity contribution in [2.45, 2.75) is 19.4 Å². The van der Waals surface area contributed by atoms with Gasteiger partial charge in [-0.05, 0) is 71.5 Å². The number of hydrogen-bond acceptors (Lipinski definition) is 1. The molecule has 1 atom stereocenters. The topological polar surface area (TPSA) is 12.0 Å². The van der Waals surface area contributed by atoms with E-state index in [0.717, 1.165) is 26.6 Å². The lowest BCUT2D eigenvalue weighted by molar-refractivity contribution is 0.546. The summed E-state index contributed by atoms with van der Waals surface area (Å²) in [7, 11) is 0. The standard InChI is InChI=1S/C16H15BrClFIN/c1-2-7-21-16(10-3-6-15(20)13(18)8-10)12-9-11(17)4-5-14(12)19/h3-6,8-9,16,21H,2,7H2,1H3. The molecule has 0 aromatic heterocycles. The van der Waals surface area contributed by atoms with Gasteiger partial charge in [0.25, 0.3) is 0 Å². The van der Waals surface area contributed by atoms with Gasteiger partial charge in [-0.15, -0.1) is 0 Å². The average molecular weight is 483 g/mol. The fourth-order valence-corrected chi connectivity index (χ4v) is 3.03. The minimum atomic E-state index is -0.221. The van der Waals surface area contributed by atoms with Crippen molar-refractivity contribution in [3.63, 3.8) is 0 Å². The molecule has 0 fully saturated rings. The second-order valence-corrected chi connectivity index (χ2v) is 7.21. The Morgan fingerprint density at radius 3 is 2.71 bits per heavy atom. The molecule has 2 aromatic rings. The van der Waals surface area contributed by atoms with E-state index in [1.807, 2.05) is 24.3 Å². The Morgan fingerprint density at radius 2 is 2.05 bits per heavy atom. The molecule has 0 amide bonds.